The van der Waals surface area contributed by atoms with Gasteiger partial charge in [-0.15, -0.1) is 0 Å². The number of ether oxygens (including phenoxy) is 1. The Hall–Kier alpha value is -3.92. The predicted octanol–water partition coefficient (Wildman–Crippen LogP) is 5.46. The van der Waals surface area contributed by atoms with Gasteiger partial charge < -0.3 is 35.2 Å². The highest BCUT2D eigenvalue weighted by atomic mass is 16.5. The molecule has 2 fully saturated rings. The van der Waals surface area contributed by atoms with Crippen molar-refractivity contribution < 1.29 is 9.26 Å². The van der Waals surface area contributed by atoms with Gasteiger partial charge >= 0.3 is 0 Å². The van der Waals surface area contributed by atoms with Gasteiger partial charge in [0, 0.05) is 47.2 Å². The summed E-state index contributed by atoms with van der Waals surface area (Å²) in [6, 6.07) is 4.44. The van der Waals surface area contributed by atoms with Gasteiger partial charge in [0.15, 0.2) is 0 Å². The first kappa shape index (κ1) is 26.3. The third-order valence-electron chi connectivity index (χ3n) is 8.15. The molecule has 6 rings (SSSR count). The predicted molar refractivity (Wildman–Crippen MR) is 158 cm³/mol. The fourth-order valence-corrected chi connectivity index (χ4v) is 5.78. The number of piperidine rings is 1. The lowest BCUT2D eigenvalue weighted by Crippen LogP contribution is -2.43. The third kappa shape index (κ3) is 5.03. The average molecular weight is 543 g/mol. The zero-order valence-corrected chi connectivity index (χ0v) is 23.9. The van der Waals surface area contributed by atoms with Crippen LogP contribution in [0.25, 0.3) is 33.1 Å². The van der Waals surface area contributed by atoms with E-state index in [0.29, 0.717) is 29.3 Å². The SMILES string of the molecule is CCN1CCC(N/C(=C\C(=N)C2CC2)Nc2nc(C)nc3[nH]c4cc(-c5c(C)noc5C)c(OC)cc4c23)CC1. The second-order valence-electron chi connectivity index (χ2n) is 11.0. The molecule has 4 heterocycles. The van der Waals surface area contributed by atoms with Crippen LogP contribution in [-0.2, 0) is 0 Å². The Labute approximate surface area is 234 Å². The van der Waals surface area contributed by atoms with Gasteiger partial charge in [0.25, 0.3) is 0 Å². The van der Waals surface area contributed by atoms with E-state index >= 15 is 0 Å². The number of hydrogen-bond donors (Lipinski definition) is 4. The van der Waals surface area contributed by atoms with Crippen LogP contribution in [0.3, 0.4) is 0 Å². The number of nitrogens with one attached hydrogen (secondary N) is 4. The van der Waals surface area contributed by atoms with Crippen molar-refractivity contribution in [1.29, 1.82) is 5.41 Å². The first-order valence-corrected chi connectivity index (χ1v) is 14.2. The van der Waals surface area contributed by atoms with Crippen LogP contribution in [0.4, 0.5) is 5.82 Å². The summed E-state index contributed by atoms with van der Waals surface area (Å²) in [6.07, 6.45) is 6.26. The molecule has 1 aliphatic heterocycles. The van der Waals surface area contributed by atoms with Gasteiger partial charge in [-0.2, -0.15) is 0 Å². The van der Waals surface area contributed by atoms with Crippen molar-refractivity contribution in [1.82, 2.24) is 30.3 Å². The summed E-state index contributed by atoms with van der Waals surface area (Å²) < 4.78 is 11.3. The molecule has 2 aliphatic rings. The summed E-state index contributed by atoms with van der Waals surface area (Å²) in [5.74, 6) is 4.00. The maximum atomic E-state index is 8.63. The maximum Gasteiger partial charge on any atom is 0.145 e. The molecule has 3 aromatic heterocycles. The fraction of sp³-hybridized carbons (Fsp3) is 0.467. The van der Waals surface area contributed by atoms with E-state index in [-0.39, 0.29) is 0 Å². The van der Waals surface area contributed by atoms with E-state index in [1.165, 1.54) is 0 Å². The number of fused-ring (bicyclic) bond motifs is 3. The standard InChI is InChI=1S/C30H38N8O2/c1-6-38-11-9-20(10-12-38)34-26(15-23(31)19-7-8-19)36-30-28-21-14-25(39-5)22(27-16(2)37-40-17(27)3)13-24(21)35-29(28)32-18(4)33-30/h13-15,19-20,31,34H,6-12H2,1-5H3,(H2,32,33,35,36)/b26-15+,31-23?. The van der Waals surface area contributed by atoms with Crippen LogP contribution in [0.1, 0.15) is 49.9 Å². The minimum Gasteiger partial charge on any atom is -0.496 e. The van der Waals surface area contributed by atoms with Crippen molar-refractivity contribution >= 4 is 33.5 Å². The lowest BCUT2D eigenvalue weighted by atomic mass is 10.0. The number of aromatic nitrogens is 4. The largest absolute Gasteiger partial charge is 0.496 e. The Kier molecular flexibility index (Phi) is 6.95. The van der Waals surface area contributed by atoms with Gasteiger partial charge in [-0.05, 0) is 71.2 Å². The summed E-state index contributed by atoms with van der Waals surface area (Å²) in [5.41, 5.74) is 4.98. The van der Waals surface area contributed by atoms with Crippen LogP contribution in [0.15, 0.2) is 28.6 Å². The van der Waals surface area contributed by atoms with Crippen molar-refractivity contribution in [3.8, 4) is 16.9 Å². The molecule has 1 aliphatic carbocycles. The van der Waals surface area contributed by atoms with Crippen LogP contribution in [0, 0.1) is 32.1 Å². The summed E-state index contributed by atoms with van der Waals surface area (Å²) in [6.45, 7) is 11.2. The Morgan fingerprint density at radius 1 is 1.18 bits per heavy atom. The highest BCUT2D eigenvalue weighted by molar-refractivity contribution is 6.13. The van der Waals surface area contributed by atoms with Crippen LogP contribution in [0.5, 0.6) is 5.75 Å². The monoisotopic (exact) mass is 542 g/mol. The van der Waals surface area contributed by atoms with Crippen molar-refractivity contribution in [3.05, 3.63) is 41.3 Å². The Bertz CT molecular complexity index is 1590. The van der Waals surface area contributed by atoms with Gasteiger partial charge in [0.1, 0.15) is 34.6 Å². The third-order valence-corrected chi connectivity index (χ3v) is 8.15. The molecule has 40 heavy (non-hydrogen) atoms. The van der Waals surface area contributed by atoms with E-state index in [0.717, 1.165) is 101 Å². The number of hydrogen-bond acceptors (Lipinski definition) is 9. The fourth-order valence-electron chi connectivity index (χ4n) is 5.78. The summed E-state index contributed by atoms with van der Waals surface area (Å²) >= 11 is 0. The molecule has 1 saturated carbocycles. The lowest BCUT2D eigenvalue weighted by molar-refractivity contribution is 0.212. The van der Waals surface area contributed by atoms with Crippen molar-refractivity contribution in [3.63, 3.8) is 0 Å². The summed E-state index contributed by atoms with van der Waals surface area (Å²) in [4.78, 5) is 15.6. The molecule has 0 radical (unpaired) electrons. The molecule has 0 unspecified atom stereocenters. The number of methoxy groups -OCH3 is 1. The minimum absolute atomic E-state index is 0.340. The number of aromatic amines is 1. The van der Waals surface area contributed by atoms with E-state index in [1.807, 2.05) is 32.9 Å². The quantitative estimate of drug-likeness (QED) is 0.205. The normalized spacial score (nSPS) is 17.1. The van der Waals surface area contributed by atoms with Crippen molar-refractivity contribution in [2.75, 3.05) is 32.1 Å². The molecule has 0 amide bonds. The van der Waals surface area contributed by atoms with Crippen LogP contribution >= 0.6 is 0 Å². The Morgan fingerprint density at radius 3 is 2.60 bits per heavy atom. The molecule has 0 spiro atoms. The maximum absolute atomic E-state index is 8.63. The first-order chi connectivity index (χ1) is 19.3. The molecular formula is C30H38N8O2. The molecule has 10 nitrogen and oxygen atoms in total. The molecular weight excluding hydrogens is 504 g/mol. The smallest absolute Gasteiger partial charge is 0.145 e. The highest BCUT2D eigenvalue weighted by Gasteiger charge is 2.27. The van der Waals surface area contributed by atoms with Crippen molar-refractivity contribution in [2.24, 2.45) is 5.92 Å². The summed E-state index contributed by atoms with van der Waals surface area (Å²) in [5, 5.41) is 21.9. The van der Waals surface area contributed by atoms with Crippen LogP contribution in [0.2, 0.25) is 0 Å². The molecule has 4 aromatic rings. The van der Waals surface area contributed by atoms with Gasteiger partial charge in [-0.1, -0.05) is 12.1 Å². The number of nitrogens with zero attached hydrogens (tertiary/aromatic N) is 4. The number of H-pyrrole nitrogens is 1. The zero-order valence-electron chi connectivity index (χ0n) is 23.9. The van der Waals surface area contributed by atoms with Crippen LogP contribution < -0.4 is 15.4 Å². The molecule has 4 N–H and O–H groups in total. The minimum atomic E-state index is 0.340. The lowest BCUT2D eigenvalue weighted by Gasteiger charge is -2.32. The van der Waals surface area contributed by atoms with E-state index in [9.17, 15) is 0 Å². The summed E-state index contributed by atoms with van der Waals surface area (Å²) in [7, 11) is 1.68. The van der Waals surface area contributed by atoms with E-state index in [2.05, 4.69) is 38.7 Å². The highest BCUT2D eigenvalue weighted by Crippen LogP contribution is 2.41. The number of benzene rings is 1. The molecule has 1 saturated heterocycles. The molecule has 210 valence electrons. The molecule has 10 heteroatoms. The van der Waals surface area contributed by atoms with E-state index in [1.54, 1.807) is 7.11 Å². The number of rotatable bonds is 9. The second kappa shape index (κ2) is 10.6. The topological polar surface area (TPSA) is 128 Å². The first-order valence-electron chi connectivity index (χ1n) is 14.2. The van der Waals surface area contributed by atoms with Gasteiger partial charge in [0.05, 0.1) is 23.8 Å². The second-order valence-corrected chi connectivity index (χ2v) is 11.0. The van der Waals surface area contributed by atoms with Gasteiger partial charge in [0.2, 0.25) is 0 Å². The number of aryl methyl sites for hydroxylation is 3. The van der Waals surface area contributed by atoms with Crippen molar-refractivity contribution in [2.45, 2.75) is 59.4 Å². The molecule has 0 atom stereocenters. The van der Waals surface area contributed by atoms with Gasteiger partial charge in [-0.25, -0.2) is 9.97 Å². The van der Waals surface area contributed by atoms with Crippen LogP contribution in [-0.4, -0.2) is 63.5 Å². The Morgan fingerprint density at radius 2 is 1.95 bits per heavy atom. The average Bonchev–Trinajstić information content (AvgIpc) is 3.66. The number of likely N-dealkylation sites (tertiary alicyclic amines) is 1. The molecule has 0 bridgehead atoms. The number of allylic oxidation sites excluding steroid dienone is 1. The number of anilines is 1. The van der Waals surface area contributed by atoms with E-state index in [4.69, 9.17) is 24.6 Å². The van der Waals surface area contributed by atoms with Gasteiger partial charge in [-0.3, -0.25) is 0 Å². The Balaban J connectivity index is 1.41. The molecule has 1 aromatic carbocycles. The zero-order chi connectivity index (χ0) is 28.0. The van der Waals surface area contributed by atoms with E-state index < -0.39 is 0 Å².